The minimum atomic E-state index is 0.603. The Morgan fingerprint density at radius 2 is 1.83 bits per heavy atom. The average molecular weight is 243 g/mol. The van der Waals surface area contributed by atoms with Gasteiger partial charge in [-0.05, 0) is 37.7 Å². The van der Waals surface area contributed by atoms with E-state index in [9.17, 15) is 0 Å². The highest BCUT2D eigenvalue weighted by molar-refractivity contribution is 5.19. The van der Waals surface area contributed by atoms with Gasteiger partial charge < -0.3 is 0 Å². The van der Waals surface area contributed by atoms with Crippen LogP contribution >= 0.6 is 0 Å². The number of rotatable bonds is 2. The summed E-state index contributed by atoms with van der Waals surface area (Å²) in [5.41, 5.74) is 1.49. The van der Waals surface area contributed by atoms with Crippen LogP contribution in [0.25, 0.3) is 0 Å². The van der Waals surface area contributed by atoms with E-state index in [1.165, 1.54) is 50.8 Å². The lowest BCUT2D eigenvalue weighted by molar-refractivity contribution is -0.0815. The van der Waals surface area contributed by atoms with Gasteiger partial charge in [0.2, 0.25) is 0 Å². The maximum atomic E-state index is 2.63. The van der Waals surface area contributed by atoms with Gasteiger partial charge in [-0.1, -0.05) is 36.8 Å². The number of hydrazine groups is 1. The van der Waals surface area contributed by atoms with E-state index < -0.39 is 0 Å². The molecule has 2 saturated heterocycles. The summed E-state index contributed by atoms with van der Waals surface area (Å²) in [4.78, 5) is 0. The fourth-order valence-electron chi connectivity index (χ4n) is 3.25. The van der Waals surface area contributed by atoms with E-state index in [2.05, 4.69) is 46.8 Å². The Labute approximate surface area is 111 Å². The molecule has 2 heteroatoms. The predicted molar refractivity (Wildman–Crippen MR) is 74.8 cm³/mol. The highest BCUT2D eigenvalue weighted by Crippen LogP contribution is 2.32. The molecule has 0 aliphatic carbocycles. The van der Waals surface area contributed by atoms with Gasteiger partial charge in [0.25, 0.3) is 0 Å². The van der Waals surface area contributed by atoms with Crippen molar-refractivity contribution in [1.29, 1.82) is 0 Å². The van der Waals surface area contributed by atoms with Crippen LogP contribution < -0.4 is 0 Å². The average Bonchev–Trinajstić information content (AvgIpc) is 2.49. The van der Waals surface area contributed by atoms with Gasteiger partial charge in [-0.2, -0.15) is 0 Å². The molecule has 0 spiro atoms. The van der Waals surface area contributed by atoms with Crippen LogP contribution in [-0.2, 0) is 0 Å². The van der Waals surface area contributed by atoms with Crippen molar-refractivity contribution in [2.45, 2.75) is 38.1 Å². The minimum absolute atomic E-state index is 0.603. The van der Waals surface area contributed by atoms with Gasteiger partial charge in [-0.15, -0.1) is 0 Å². The summed E-state index contributed by atoms with van der Waals surface area (Å²) in [5.74, 6) is 0. The van der Waals surface area contributed by atoms with E-state index in [0.717, 1.165) is 6.54 Å². The molecule has 2 nitrogen and oxygen atoms in total. The molecule has 1 aromatic rings. The topological polar surface area (TPSA) is 6.48 Å². The highest BCUT2D eigenvalue weighted by atomic mass is 15.6. The lowest BCUT2D eigenvalue weighted by atomic mass is 9.96. The van der Waals surface area contributed by atoms with Crippen molar-refractivity contribution < 1.29 is 0 Å². The van der Waals surface area contributed by atoms with Crippen LogP contribution in [0.2, 0.25) is 0 Å². The molecule has 0 amide bonds. The fourth-order valence-corrected chi connectivity index (χ4v) is 3.25. The SMILES string of the molecule is [CH]1CCCN(N2CCCCC2c2ccccc2)C1. The van der Waals surface area contributed by atoms with E-state index in [4.69, 9.17) is 0 Å². The summed E-state index contributed by atoms with van der Waals surface area (Å²) in [6.07, 6.45) is 9.06. The molecule has 0 saturated carbocycles. The van der Waals surface area contributed by atoms with Crippen molar-refractivity contribution >= 4 is 0 Å². The van der Waals surface area contributed by atoms with Crippen LogP contribution in [0.15, 0.2) is 30.3 Å². The van der Waals surface area contributed by atoms with Gasteiger partial charge in [0.1, 0.15) is 0 Å². The van der Waals surface area contributed by atoms with Gasteiger partial charge in [0, 0.05) is 25.7 Å². The van der Waals surface area contributed by atoms with Crippen molar-refractivity contribution in [2.75, 3.05) is 19.6 Å². The molecule has 1 radical (unpaired) electrons. The van der Waals surface area contributed by atoms with Crippen LogP contribution in [0.3, 0.4) is 0 Å². The van der Waals surface area contributed by atoms with Gasteiger partial charge in [-0.25, -0.2) is 10.0 Å². The molecule has 2 aliphatic rings. The van der Waals surface area contributed by atoms with Crippen molar-refractivity contribution in [2.24, 2.45) is 0 Å². The lowest BCUT2D eigenvalue weighted by Gasteiger charge is -2.45. The van der Waals surface area contributed by atoms with E-state index in [0.29, 0.717) is 6.04 Å². The molecule has 1 atom stereocenters. The first-order valence-corrected chi connectivity index (χ1v) is 7.33. The fraction of sp³-hybridized carbons (Fsp3) is 0.562. The zero-order valence-corrected chi connectivity index (χ0v) is 11.1. The lowest BCUT2D eigenvalue weighted by Crippen LogP contribution is -2.49. The normalized spacial score (nSPS) is 27.2. The Hall–Kier alpha value is -0.860. The second kappa shape index (κ2) is 5.85. The molecule has 97 valence electrons. The zero-order chi connectivity index (χ0) is 12.2. The van der Waals surface area contributed by atoms with Crippen molar-refractivity contribution in [3.05, 3.63) is 42.3 Å². The second-order valence-corrected chi connectivity index (χ2v) is 5.43. The largest absolute Gasteiger partial charge is 0.241 e. The Morgan fingerprint density at radius 1 is 0.944 bits per heavy atom. The third kappa shape index (κ3) is 2.60. The van der Waals surface area contributed by atoms with Crippen LogP contribution in [0.5, 0.6) is 0 Å². The number of benzene rings is 1. The molecular formula is C16H23N2. The monoisotopic (exact) mass is 243 g/mol. The van der Waals surface area contributed by atoms with Crippen molar-refractivity contribution in [3.63, 3.8) is 0 Å². The number of piperidine rings is 2. The molecule has 0 bridgehead atoms. The van der Waals surface area contributed by atoms with E-state index >= 15 is 0 Å². The third-order valence-electron chi connectivity index (χ3n) is 4.19. The van der Waals surface area contributed by atoms with E-state index in [-0.39, 0.29) is 0 Å². The van der Waals surface area contributed by atoms with Crippen LogP contribution in [-0.4, -0.2) is 29.7 Å². The maximum Gasteiger partial charge on any atom is 0.0495 e. The highest BCUT2D eigenvalue weighted by Gasteiger charge is 2.29. The van der Waals surface area contributed by atoms with E-state index in [1.54, 1.807) is 0 Å². The first kappa shape index (κ1) is 12.2. The van der Waals surface area contributed by atoms with Crippen LogP contribution in [0.1, 0.15) is 43.7 Å². The molecule has 2 heterocycles. The molecule has 1 unspecified atom stereocenters. The van der Waals surface area contributed by atoms with E-state index in [1.807, 2.05) is 0 Å². The van der Waals surface area contributed by atoms with Crippen LogP contribution in [0, 0.1) is 6.42 Å². The molecule has 2 aliphatic heterocycles. The Balaban J connectivity index is 1.77. The smallest absolute Gasteiger partial charge is 0.0495 e. The van der Waals surface area contributed by atoms with Gasteiger partial charge >= 0.3 is 0 Å². The first-order valence-electron chi connectivity index (χ1n) is 7.33. The standard InChI is InChI=1S/C16H23N2/c1-3-9-15(10-4-1)16-11-5-8-14-18(16)17-12-6-2-7-13-17/h1,3-4,6,9-10,16H,2,5,7-8,11-14H2. The Kier molecular flexibility index (Phi) is 3.96. The minimum Gasteiger partial charge on any atom is -0.241 e. The summed E-state index contributed by atoms with van der Waals surface area (Å²) in [6.45, 7) is 3.61. The molecule has 1 aromatic carbocycles. The zero-order valence-electron chi connectivity index (χ0n) is 11.1. The first-order chi connectivity index (χ1) is 8.95. The molecule has 0 aromatic heterocycles. The summed E-state index contributed by atoms with van der Waals surface area (Å²) in [7, 11) is 0. The molecule has 0 N–H and O–H groups in total. The van der Waals surface area contributed by atoms with Crippen LogP contribution in [0.4, 0.5) is 0 Å². The molecule has 18 heavy (non-hydrogen) atoms. The third-order valence-corrected chi connectivity index (χ3v) is 4.19. The summed E-state index contributed by atoms with van der Waals surface area (Å²) in [5, 5.41) is 5.20. The van der Waals surface area contributed by atoms with Gasteiger partial charge in [0.05, 0.1) is 0 Å². The second-order valence-electron chi connectivity index (χ2n) is 5.43. The van der Waals surface area contributed by atoms with Crippen molar-refractivity contribution in [3.8, 4) is 0 Å². The predicted octanol–water partition coefficient (Wildman–Crippen LogP) is 3.43. The number of nitrogens with zero attached hydrogens (tertiary/aromatic N) is 2. The summed E-state index contributed by atoms with van der Waals surface area (Å²) in [6, 6.07) is 11.6. The number of hydrogen-bond acceptors (Lipinski definition) is 2. The molecule has 2 fully saturated rings. The molecular weight excluding hydrogens is 220 g/mol. The Bertz CT molecular complexity index is 357. The number of hydrogen-bond donors (Lipinski definition) is 0. The van der Waals surface area contributed by atoms with Crippen molar-refractivity contribution in [1.82, 2.24) is 10.0 Å². The maximum absolute atomic E-state index is 2.63. The Morgan fingerprint density at radius 3 is 2.61 bits per heavy atom. The molecule has 3 rings (SSSR count). The summed E-state index contributed by atoms with van der Waals surface area (Å²) >= 11 is 0. The van der Waals surface area contributed by atoms with Gasteiger partial charge in [-0.3, -0.25) is 0 Å². The van der Waals surface area contributed by atoms with Gasteiger partial charge in [0.15, 0.2) is 0 Å². The quantitative estimate of drug-likeness (QED) is 0.785. The summed E-state index contributed by atoms with van der Waals surface area (Å²) < 4.78 is 0.